The molecule has 1 N–H and O–H groups in total. The first-order valence-electron chi connectivity index (χ1n) is 13.4. The molecule has 0 aliphatic carbocycles. The zero-order chi connectivity index (χ0) is 29.4. The number of carbonyl (C=O) groups is 1. The lowest BCUT2D eigenvalue weighted by Crippen LogP contribution is -2.33. The minimum Gasteiger partial charge on any atom is -0.478 e. The number of aromatic carboxylic acids is 1. The summed E-state index contributed by atoms with van der Waals surface area (Å²) >= 11 is 5.78. The fourth-order valence-electron chi connectivity index (χ4n) is 5.09. The fraction of sp³-hybridized carbons (Fsp3) is 0.300. The molecule has 1 atom stereocenters. The Hall–Kier alpha value is -3.93. The molecule has 0 spiro atoms. The van der Waals surface area contributed by atoms with Crippen molar-refractivity contribution in [3.8, 4) is 5.88 Å². The topological polar surface area (TPSA) is 89.7 Å². The number of carboxylic acids is 1. The molecule has 4 aromatic rings. The van der Waals surface area contributed by atoms with Gasteiger partial charge in [0.05, 0.1) is 35.8 Å². The van der Waals surface area contributed by atoms with E-state index < -0.39 is 29.3 Å². The number of carboxylic acid groups (broad SMARTS) is 1. The van der Waals surface area contributed by atoms with Crippen LogP contribution in [0.3, 0.4) is 0 Å². The van der Waals surface area contributed by atoms with E-state index in [1.807, 2.05) is 10.6 Å². The molecule has 2 aliphatic heterocycles. The second kappa shape index (κ2) is 11.7. The molecule has 0 amide bonds. The van der Waals surface area contributed by atoms with E-state index in [2.05, 4.69) is 9.88 Å². The highest BCUT2D eigenvalue weighted by molar-refractivity contribution is 6.30. The Balaban J connectivity index is 1.19. The Bertz CT molecular complexity index is 1710. The van der Waals surface area contributed by atoms with Crippen molar-refractivity contribution in [1.29, 1.82) is 0 Å². The summed E-state index contributed by atoms with van der Waals surface area (Å²) in [7, 11) is 0. The lowest BCUT2D eigenvalue weighted by molar-refractivity contribution is -0.0591. The molecule has 0 unspecified atom stereocenters. The van der Waals surface area contributed by atoms with Crippen molar-refractivity contribution in [2.45, 2.75) is 38.6 Å². The van der Waals surface area contributed by atoms with E-state index in [0.717, 1.165) is 29.9 Å². The molecule has 2 aromatic carbocycles. The van der Waals surface area contributed by atoms with Crippen molar-refractivity contribution >= 4 is 34.2 Å². The van der Waals surface area contributed by atoms with Crippen molar-refractivity contribution in [3.05, 3.63) is 93.7 Å². The van der Waals surface area contributed by atoms with Crippen molar-refractivity contribution in [1.82, 2.24) is 19.4 Å². The average molecular weight is 599 g/mol. The van der Waals surface area contributed by atoms with Gasteiger partial charge < -0.3 is 19.1 Å². The number of rotatable bonds is 9. The Labute approximate surface area is 244 Å². The molecule has 218 valence electrons. The number of hydrogen-bond acceptors (Lipinski definition) is 6. The zero-order valence-electron chi connectivity index (χ0n) is 22.3. The number of nitrogens with zero attached hydrogens (tertiary/aromatic N) is 4. The van der Waals surface area contributed by atoms with E-state index in [0.29, 0.717) is 50.3 Å². The summed E-state index contributed by atoms with van der Waals surface area (Å²) in [5.74, 6) is -3.05. The van der Waals surface area contributed by atoms with Gasteiger partial charge in [0.15, 0.2) is 11.6 Å². The van der Waals surface area contributed by atoms with Crippen molar-refractivity contribution in [3.63, 3.8) is 0 Å². The maximum Gasteiger partial charge on any atom is 0.335 e. The van der Waals surface area contributed by atoms with Crippen LogP contribution in [-0.2, 0) is 24.4 Å². The van der Waals surface area contributed by atoms with Crippen LogP contribution in [0.5, 0.6) is 5.88 Å². The van der Waals surface area contributed by atoms with E-state index >= 15 is 0 Å². The molecule has 0 radical (unpaired) electrons. The number of fused-ring (bicyclic) bond motifs is 1. The SMILES string of the molecule is O=C(O)c1ccc2nc(CN3CC=C(c4nc(OCc5ccc(Cl)cc5F)c(F)cc4F)CC3)n(C[C@@H]3CCO3)c2c1. The number of ether oxygens (including phenoxy) is 2. The molecule has 8 nitrogen and oxygen atoms in total. The molecule has 2 aliphatic rings. The number of aromatic nitrogens is 3. The summed E-state index contributed by atoms with van der Waals surface area (Å²) in [6.07, 6.45) is 3.24. The summed E-state index contributed by atoms with van der Waals surface area (Å²) in [6.45, 7) is 2.46. The molecule has 0 bridgehead atoms. The van der Waals surface area contributed by atoms with Crippen LogP contribution in [0, 0.1) is 17.5 Å². The predicted molar refractivity (Wildman–Crippen MR) is 149 cm³/mol. The molecule has 0 saturated carbocycles. The number of hydrogen-bond donors (Lipinski definition) is 1. The van der Waals surface area contributed by atoms with Crippen molar-refractivity contribution in [2.24, 2.45) is 0 Å². The maximum atomic E-state index is 14.8. The minimum atomic E-state index is -1.01. The molecule has 6 rings (SSSR count). The van der Waals surface area contributed by atoms with Crippen molar-refractivity contribution in [2.75, 3.05) is 19.7 Å². The van der Waals surface area contributed by atoms with Gasteiger partial charge in [0, 0.05) is 36.3 Å². The van der Waals surface area contributed by atoms with Crippen LogP contribution in [-0.4, -0.2) is 56.3 Å². The van der Waals surface area contributed by atoms with Gasteiger partial charge in [-0.05, 0) is 48.7 Å². The summed E-state index contributed by atoms with van der Waals surface area (Å²) in [5.41, 5.74) is 2.37. The van der Waals surface area contributed by atoms with Gasteiger partial charge in [-0.3, -0.25) is 4.90 Å². The number of imidazole rings is 1. The van der Waals surface area contributed by atoms with Crippen LogP contribution in [0.1, 0.15) is 40.3 Å². The summed E-state index contributed by atoms with van der Waals surface area (Å²) in [6, 6.07) is 9.64. The van der Waals surface area contributed by atoms with Gasteiger partial charge >= 0.3 is 5.97 Å². The van der Waals surface area contributed by atoms with Gasteiger partial charge in [0.25, 0.3) is 5.88 Å². The van der Waals surface area contributed by atoms with Gasteiger partial charge in [-0.25, -0.2) is 27.9 Å². The predicted octanol–water partition coefficient (Wildman–Crippen LogP) is 5.86. The molecule has 2 aromatic heterocycles. The average Bonchev–Trinajstić information content (AvgIpc) is 3.27. The second-order valence-corrected chi connectivity index (χ2v) is 10.7. The van der Waals surface area contributed by atoms with Gasteiger partial charge in [-0.2, -0.15) is 0 Å². The van der Waals surface area contributed by atoms with Gasteiger partial charge in [-0.1, -0.05) is 23.7 Å². The lowest BCUT2D eigenvalue weighted by atomic mass is 10.0. The van der Waals surface area contributed by atoms with E-state index in [1.54, 1.807) is 12.1 Å². The molecule has 4 heterocycles. The highest BCUT2D eigenvalue weighted by Crippen LogP contribution is 2.29. The number of halogens is 4. The molecule has 12 heteroatoms. The first kappa shape index (κ1) is 28.2. The van der Waals surface area contributed by atoms with E-state index in [-0.39, 0.29) is 34.6 Å². The van der Waals surface area contributed by atoms with E-state index in [9.17, 15) is 23.1 Å². The van der Waals surface area contributed by atoms with Crippen molar-refractivity contribution < 1.29 is 32.5 Å². The van der Waals surface area contributed by atoms with E-state index in [4.69, 9.17) is 26.1 Å². The van der Waals surface area contributed by atoms with Crippen LogP contribution in [0.2, 0.25) is 5.02 Å². The lowest BCUT2D eigenvalue weighted by Gasteiger charge is -2.29. The third kappa shape index (κ3) is 5.85. The second-order valence-electron chi connectivity index (χ2n) is 10.3. The molecular weight excluding hydrogens is 573 g/mol. The molecular formula is C30H26ClF3N4O4. The molecule has 42 heavy (non-hydrogen) atoms. The third-order valence-corrected chi connectivity index (χ3v) is 7.73. The van der Waals surface area contributed by atoms with Crippen LogP contribution >= 0.6 is 11.6 Å². The first-order chi connectivity index (χ1) is 20.2. The normalized spacial score (nSPS) is 17.2. The fourth-order valence-corrected chi connectivity index (χ4v) is 5.25. The number of benzene rings is 2. The summed E-state index contributed by atoms with van der Waals surface area (Å²) in [4.78, 5) is 22.6. The highest BCUT2D eigenvalue weighted by Gasteiger charge is 2.25. The zero-order valence-corrected chi connectivity index (χ0v) is 23.1. The van der Waals surface area contributed by atoms with E-state index in [1.165, 1.54) is 18.2 Å². The number of pyridine rings is 1. The summed E-state index contributed by atoms with van der Waals surface area (Å²) in [5, 5.41) is 9.69. The van der Waals surface area contributed by atoms with Crippen LogP contribution in [0.15, 0.2) is 48.5 Å². The monoisotopic (exact) mass is 598 g/mol. The van der Waals surface area contributed by atoms with Gasteiger partial charge in [0.1, 0.15) is 23.9 Å². The highest BCUT2D eigenvalue weighted by atomic mass is 35.5. The van der Waals surface area contributed by atoms with Gasteiger partial charge in [-0.15, -0.1) is 0 Å². The Morgan fingerprint density at radius 1 is 1.10 bits per heavy atom. The molecule has 1 fully saturated rings. The largest absolute Gasteiger partial charge is 0.478 e. The van der Waals surface area contributed by atoms with Crippen LogP contribution in [0.4, 0.5) is 13.2 Å². The standard InChI is InChI=1S/C30H26ClF3N4O4/c31-20-3-1-19(22(32)12-20)16-42-29-24(34)13-23(33)28(36-29)17-5-8-37(9-6-17)15-27-35-25-4-2-18(30(39)40)11-26(25)38(27)14-21-7-10-41-21/h1-5,11-13,21H,6-10,14-16H2,(H,39,40)/t21-/m0/s1. The smallest absolute Gasteiger partial charge is 0.335 e. The Morgan fingerprint density at radius 2 is 1.93 bits per heavy atom. The minimum absolute atomic E-state index is 0.0156. The van der Waals surface area contributed by atoms with Crippen LogP contribution in [0.25, 0.3) is 16.6 Å². The summed E-state index contributed by atoms with van der Waals surface area (Å²) < 4.78 is 56.4. The Kier molecular flexibility index (Phi) is 7.89. The third-order valence-electron chi connectivity index (χ3n) is 7.49. The van der Waals surface area contributed by atoms with Gasteiger partial charge in [0.2, 0.25) is 0 Å². The quantitative estimate of drug-likeness (QED) is 0.258. The van der Waals surface area contributed by atoms with Crippen LogP contribution < -0.4 is 4.74 Å². The first-order valence-corrected chi connectivity index (χ1v) is 13.8. The Morgan fingerprint density at radius 3 is 2.62 bits per heavy atom. The maximum absolute atomic E-state index is 14.8. The molecule has 1 saturated heterocycles.